The number of hydrogen-bond acceptors (Lipinski definition) is 7. The summed E-state index contributed by atoms with van der Waals surface area (Å²) >= 11 is 0. The SMILES string of the molecule is C[C@@H]1CCO[C@H]2Cn3cc(C(=O)Cc4cnccn4)c(=O)c(O)c3C(=O)N12. The van der Waals surface area contributed by atoms with Gasteiger partial charge in [-0.25, -0.2) is 0 Å². The van der Waals surface area contributed by atoms with Crippen LogP contribution >= 0.6 is 0 Å². The summed E-state index contributed by atoms with van der Waals surface area (Å²) < 4.78 is 7.10. The van der Waals surface area contributed by atoms with Gasteiger partial charge >= 0.3 is 0 Å². The number of amides is 1. The van der Waals surface area contributed by atoms with Crippen LogP contribution in [0.4, 0.5) is 0 Å². The van der Waals surface area contributed by atoms with Crippen LogP contribution in [0.3, 0.4) is 0 Å². The lowest BCUT2D eigenvalue weighted by molar-refractivity contribution is -0.112. The van der Waals surface area contributed by atoms with E-state index >= 15 is 0 Å². The lowest BCUT2D eigenvalue weighted by Crippen LogP contribution is -2.57. The van der Waals surface area contributed by atoms with Gasteiger partial charge in [-0.15, -0.1) is 0 Å². The van der Waals surface area contributed by atoms with Gasteiger partial charge in [-0.2, -0.15) is 0 Å². The van der Waals surface area contributed by atoms with E-state index in [0.29, 0.717) is 18.7 Å². The molecule has 9 heteroatoms. The van der Waals surface area contributed by atoms with Gasteiger partial charge in [0, 0.05) is 30.8 Å². The molecule has 0 aliphatic carbocycles. The number of nitrogens with zero attached hydrogens (tertiary/aromatic N) is 4. The van der Waals surface area contributed by atoms with Crippen LogP contribution in [0.1, 0.15) is 39.9 Å². The Labute approximate surface area is 154 Å². The van der Waals surface area contributed by atoms with Crippen molar-refractivity contribution in [1.29, 1.82) is 0 Å². The van der Waals surface area contributed by atoms with Crippen LogP contribution in [0.15, 0.2) is 29.6 Å². The van der Waals surface area contributed by atoms with Gasteiger partial charge in [0.05, 0.1) is 30.8 Å². The zero-order valence-corrected chi connectivity index (χ0v) is 14.7. The minimum atomic E-state index is -0.854. The number of hydrogen-bond donors (Lipinski definition) is 1. The second-order valence-corrected chi connectivity index (χ2v) is 6.69. The molecule has 2 aliphatic rings. The molecule has 2 aromatic rings. The van der Waals surface area contributed by atoms with Gasteiger partial charge in [0.1, 0.15) is 0 Å². The first-order chi connectivity index (χ1) is 13.0. The summed E-state index contributed by atoms with van der Waals surface area (Å²) in [6.45, 7) is 2.66. The predicted octanol–water partition coefficient (Wildman–Crippen LogP) is 0.360. The van der Waals surface area contributed by atoms with Crippen molar-refractivity contribution >= 4 is 11.7 Å². The van der Waals surface area contributed by atoms with Crippen molar-refractivity contribution in [2.75, 3.05) is 6.61 Å². The number of aromatic nitrogens is 3. The smallest absolute Gasteiger partial charge is 0.276 e. The molecular weight excluding hydrogens is 352 g/mol. The van der Waals surface area contributed by atoms with Crippen molar-refractivity contribution in [1.82, 2.24) is 19.4 Å². The highest BCUT2D eigenvalue weighted by molar-refractivity contribution is 6.00. The highest BCUT2D eigenvalue weighted by Gasteiger charge is 2.40. The maximum Gasteiger partial charge on any atom is 0.276 e. The number of carbonyl (C=O) groups excluding carboxylic acids is 2. The maximum absolute atomic E-state index is 12.8. The summed E-state index contributed by atoms with van der Waals surface area (Å²) in [5.41, 5.74) is -0.736. The molecule has 0 bridgehead atoms. The van der Waals surface area contributed by atoms with E-state index in [1.54, 1.807) is 4.90 Å². The lowest BCUT2D eigenvalue weighted by Gasteiger charge is -2.44. The van der Waals surface area contributed by atoms with Gasteiger partial charge in [-0.1, -0.05) is 0 Å². The molecule has 1 N–H and O–H groups in total. The van der Waals surface area contributed by atoms with Crippen LogP contribution in [0.25, 0.3) is 0 Å². The minimum Gasteiger partial charge on any atom is -0.503 e. The number of pyridine rings is 1. The van der Waals surface area contributed by atoms with E-state index < -0.39 is 29.1 Å². The van der Waals surface area contributed by atoms with Gasteiger partial charge in [0.25, 0.3) is 5.91 Å². The minimum absolute atomic E-state index is 0.0579. The molecule has 4 rings (SSSR count). The summed E-state index contributed by atoms with van der Waals surface area (Å²) in [7, 11) is 0. The Kier molecular flexibility index (Phi) is 4.23. The van der Waals surface area contributed by atoms with Crippen molar-refractivity contribution in [3.63, 3.8) is 0 Å². The average Bonchev–Trinajstić information content (AvgIpc) is 2.65. The fourth-order valence-electron chi connectivity index (χ4n) is 3.54. The van der Waals surface area contributed by atoms with Crippen LogP contribution in [-0.2, 0) is 17.7 Å². The Balaban J connectivity index is 1.73. The van der Waals surface area contributed by atoms with E-state index in [1.807, 2.05) is 6.92 Å². The average molecular weight is 370 g/mol. The Morgan fingerprint density at radius 3 is 2.93 bits per heavy atom. The van der Waals surface area contributed by atoms with Crippen molar-refractivity contribution in [3.8, 4) is 5.75 Å². The Hall–Kier alpha value is -3.07. The third-order valence-corrected chi connectivity index (χ3v) is 4.94. The number of ether oxygens (including phenoxy) is 1. The van der Waals surface area contributed by atoms with Crippen LogP contribution < -0.4 is 5.43 Å². The normalized spacial score (nSPS) is 21.5. The topological polar surface area (TPSA) is 115 Å². The van der Waals surface area contributed by atoms with Crippen LogP contribution in [0.2, 0.25) is 0 Å². The molecule has 2 atom stereocenters. The van der Waals surface area contributed by atoms with Crippen molar-refractivity contribution in [3.05, 3.63) is 52.0 Å². The molecule has 1 saturated heterocycles. The monoisotopic (exact) mass is 370 g/mol. The molecule has 0 aromatic carbocycles. The largest absolute Gasteiger partial charge is 0.503 e. The molecule has 2 aliphatic heterocycles. The molecule has 1 amide bonds. The van der Waals surface area contributed by atoms with Crippen LogP contribution in [0, 0.1) is 0 Å². The lowest BCUT2D eigenvalue weighted by atomic mass is 10.0. The number of aromatic hydroxyl groups is 1. The standard InChI is InChI=1S/C18H18N4O5/c1-10-2-5-27-14-9-21-8-12(13(23)6-11-7-19-3-4-20-11)16(24)17(25)15(21)18(26)22(10)14/h3-4,7-8,10,14,25H,2,5-6,9H2,1H3/t10-,14+/m1/s1. The van der Waals surface area contributed by atoms with E-state index in [-0.39, 0.29) is 30.3 Å². The zero-order chi connectivity index (χ0) is 19.1. The van der Waals surface area contributed by atoms with Gasteiger partial charge in [-0.3, -0.25) is 24.4 Å². The van der Waals surface area contributed by atoms with E-state index in [1.165, 1.54) is 29.4 Å². The molecule has 27 heavy (non-hydrogen) atoms. The van der Waals surface area contributed by atoms with Crippen LogP contribution in [-0.4, -0.2) is 55.1 Å². The number of rotatable bonds is 3. The summed E-state index contributed by atoms with van der Waals surface area (Å²) in [4.78, 5) is 47.4. The third kappa shape index (κ3) is 2.89. The Bertz CT molecular complexity index is 972. The van der Waals surface area contributed by atoms with Gasteiger partial charge in [-0.05, 0) is 13.3 Å². The molecule has 140 valence electrons. The van der Waals surface area contributed by atoms with Crippen molar-refractivity contribution in [2.45, 2.75) is 38.6 Å². The highest BCUT2D eigenvalue weighted by atomic mass is 16.5. The van der Waals surface area contributed by atoms with E-state index in [2.05, 4.69) is 9.97 Å². The fourth-order valence-corrected chi connectivity index (χ4v) is 3.54. The molecule has 4 heterocycles. The first-order valence-electron chi connectivity index (χ1n) is 8.66. The summed E-state index contributed by atoms with van der Waals surface area (Å²) in [5, 5.41) is 10.4. The maximum atomic E-state index is 12.8. The first kappa shape index (κ1) is 17.3. The number of Topliss-reactive ketones (excluding diaryl/α,β-unsaturated/α-hetero) is 1. The number of carbonyl (C=O) groups is 2. The predicted molar refractivity (Wildman–Crippen MR) is 92.4 cm³/mol. The van der Waals surface area contributed by atoms with Gasteiger partial charge < -0.3 is 19.3 Å². The molecule has 9 nitrogen and oxygen atoms in total. The Morgan fingerprint density at radius 2 is 2.19 bits per heavy atom. The summed E-state index contributed by atoms with van der Waals surface area (Å²) in [6.07, 6.45) is 5.77. The molecule has 0 radical (unpaired) electrons. The summed E-state index contributed by atoms with van der Waals surface area (Å²) in [5.74, 6) is -1.68. The second-order valence-electron chi connectivity index (χ2n) is 6.69. The fraction of sp³-hybridized carbons (Fsp3) is 0.389. The first-order valence-corrected chi connectivity index (χ1v) is 8.66. The second kappa shape index (κ2) is 6.58. The molecular formula is C18H18N4O5. The molecule has 0 spiro atoms. The Morgan fingerprint density at radius 1 is 1.37 bits per heavy atom. The van der Waals surface area contributed by atoms with E-state index in [4.69, 9.17) is 4.74 Å². The molecule has 1 fully saturated rings. The van der Waals surface area contributed by atoms with Gasteiger partial charge in [0.2, 0.25) is 5.43 Å². The molecule has 2 aromatic heterocycles. The third-order valence-electron chi connectivity index (χ3n) is 4.94. The number of fused-ring (bicyclic) bond motifs is 2. The van der Waals surface area contributed by atoms with Crippen molar-refractivity contribution in [2.24, 2.45) is 0 Å². The van der Waals surface area contributed by atoms with E-state index in [9.17, 15) is 19.5 Å². The van der Waals surface area contributed by atoms with E-state index in [0.717, 1.165) is 0 Å². The van der Waals surface area contributed by atoms with Crippen LogP contribution in [0.5, 0.6) is 5.75 Å². The molecule has 0 unspecified atom stereocenters. The van der Waals surface area contributed by atoms with Crippen molar-refractivity contribution < 1.29 is 19.4 Å². The summed E-state index contributed by atoms with van der Waals surface area (Å²) in [6, 6.07) is -0.0579. The molecule has 0 saturated carbocycles. The zero-order valence-electron chi connectivity index (χ0n) is 14.7. The quantitative estimate of drug-likeness (QED) is 0.776. The number of ketones is 1. The highest BCUT2D eigenvalue weighted by Crippen LogP contribution is 2.29. The van der Waals surface area contributed by atoms with Gasteiger partial charge in [0.15, 0.2) is 23.5 Å².